The van der Waals surface area contributed by atoms with Crippen molar-refractivity contribution in [3.8, 4) is 5.75 Å². The second kappa shape index (κ2) is 6.24. The maximum atomic E-state index is 12.0. The van der Waals surface area contributed by atoms with E-state index < -0.39 is 0 Å². The molecule has 19 heavy (non-hydrogen) atoms. The number of ether oxygens (including phenoxy) is 1. The fraction of sp³-hybridized carbons (Fsp3) is 0.250. The topological polar surface area (TPSA) is 79.9 Å². The van der Waals surface area contributed by atoms with Crippen LogP contribution in [0.3, 0.4) is 0 Å². The number of aromatic nitrogens is 3. The summed E-state index contributed by atoms with van der Waals surface area (Å²) in [6.07, 6.45) is 1.41. The van der Waals surface area contributed by atoms with Crippen molar-refractivity contribution in [1.29, 1.82) is 0 Å². The van der Waals surface area contributed by atoms with Gasteiger partial charge in [0.1, 0.15) is 12.1 Å². The number of thioether (sulfide) groups is 1. The first-order chi connectivity index (χ1) is 9.19. The van der Waals surface area contributed by atoms with E-state index >= 15 is 0 Å². The van der Waals surface area contributed by atoms with E-state index in [1.165, 1.54) is 18.1 Å². The maximum absolute atomic E-state index is 12.0. The predicted octanol–water partition coefficient (Wildman–Crippen LogP) is 1.93. The molecule has 2 N–H and O–H groups in total. The van der Waals surface area contributed by atoms with Gasteiger partial charge in [0.2, 0.25) is 5.91 Å². The minimum atomic E-state index is -0.268. The summed E-state index contributed by atoms with van der Waals surface area (Å²) in [4.78, 5) is 15.9. The molecule has 0 spiro atoms. The monoisotopic (exact) mass is 278 g/mol. The van der Waals surface area contributed by atoms with Crippen molar-refractivity contribution >= 4 is 23.4 Å². The zero-order chi connectivity index (χ0) is 13.7. The second-order valence-corrected chi connectivity index (χ2v) is 5.10. The van der Waals surface area contributed by atoms with Crippen molar-refractivity contribution in [2.24, 2.45) is 0 Å². The molecule has 1 atom stereocenters. The van der Waals surface area contributed by atoms with Crippen molar-refractivity contribution in [1.82, 2.24) is 15.2 Å². The average Bonchev–Trinajstić information content (AvgIpc) is 2.92. The van der Waals surface area contributed by atoms with E-state index in [0.717, 1.165) is 11.4 Å². The Labute approximate surface area is 115 Å². The van der Waals surface area contributed by atoms with Crippen LogP contribution in [-0.4, -0.2) is 33.4 Å². The number of hydrogen-bond donors (Lipinski definition) is 2. The highest BCUT2D eigenvalue weighted by Gasteiger charge is 2.15. The minimum Gasteiger partial charge on any atom is -0.497 e. The van der Waals surface area contributed by atoms with Crippen molar-refractivity contribution in [3.05, 3.63) is 30.6 Å². The molecule has 0 fully saturated rings. The molecule has 0 radical (unpaired) electrons. The Morgan fingerprint density at radius 3 is 2.74 bits per heavy atom. The average molecular weight is 278 g/mol. The lowest BCUT2D eigenvalue weighted by atomic mass is 10.3. The molecule has 0 saturated carbocycles. The summed E-state index contributed by atoms with van der Waals surface area (Å²) in [5.41, 5.74) is 0.732. The van der Waals surface area contributed by atoms with Crippen LogP contribution in [0.1, 0.15) is 6.92 Å². The number of carbonyl (C=O) groups is 1. The van der Waals surface area contributed by atoms with Gasteiger partial charge in [0.25, 0.3) is 0 Å². The van der Waals surface area contributed by atoms with Gasteiger partial charge < -0.3 is 10.1 Å². The lowest BCUT2D eigenvalue weighted by molar-refractivity contribution is -0.115. The van der Waals surface area contributed by atoms with Crippen molar-refractivity contribution in [3.63, 3.8) is 0 Å². The van der Waals surface area contributed by atoms with Crippen LogP contribution < -0.4 is 10.1 Å². The van der Waals surface area contributed by atoms with Gasteiger partial charge in [-0.1, -0.05) is 11.8 Å². The van der Waals surface area contributed by atoms with Crippen LogP contribution in [0.25, 0.3) is 0 Å². The Kier molecular flexibility index (Phi) is 4.40. The summed E-state index contributed by atoms with van der Waals surface area (Å²) in [6, 6.07) is 7.18. The zero-order valence-corrected chi connectivity index (χ0v) is 11.4. The highest BCUT2D eigenvalue weighted by Crippen LogP contribution is 2.20. The summed E-state index contributed by atoms with van der Waals surface area (Å²) in [7, 11) is 1.60. The van der Waals surface area contributed by atoms with E-state index in [1.807, 2.05) is 6.92 Å². The van der Waals surface area contributed by atoms with Crippen LogP contribution in [0.15, 0.2) is 35.7 Å². The largest absolute Gasteiger partial charge is 0.497 e. The lowest BCUT2D eigenvalue weighted by Gasteiger charge is -2.10. The Hall–Kier alpha value is -2.02. The van der Waals surface area contributed by atoms with Gasteiger partial charge in [0.05, 0.1) is 12.4 Å². The summed E-state index contributed by atoms with van der Waals surface area (Å²) in [6.45, 7) is 1.81. The number of amides is 1. The number of H-pyrrole nitrogens is 1. The predicted molar refractivity (Wildman–Crippen MR) is 73.3 cm³/mol. The van der Waals surface area contributed by atoms with Gasteiger partial charge >= 0.3 is 0 Å². The van der Waals surface area contributed by atoms with Crippen LogP contribution in [0.2, 0.25) is 0 Å². The molecule has 0 aliphatic heterocycles. The molecular weight excluding hydrogens is 264 g/mol. The fourth-order valence-electron chi connectivity index (χ4n) is 1.39. The summed E-state index contributed by atoms with van der Waals surface area (Å²) >= 11 is 1.32. The number of anilines is 1. The highest BCUT2D eigenvalue weighted by atomic mass is 32.2. The molecular formula is C12H14N4O2S. The molecule has 2 rings (SSSR count). The molecule has 0 aliphatic carbocycles. The Bertz CT molecular complexity index is 527. The van der Waals surface area contributed by atoms with Gasteiger partial charge in [-0.2, -0.15) is 5.10 Å². The standard InChI is InChI=1S/C12H14N4O2S/c1-8(19-12-13-7-14-16-12)11(17)15-9-3-5-10(18-2)6-4-9/h3-8H,1-2H3,(H,15,17)(H,13,14,16)/t8-/m0/s1. The fourth-order valence-corrected chi connectivity index (χ4v) is 2.10. The molecule has 0 unspecified atom stereocenters. The zero-order valence-electron chi connectivity index (χ0n) is 10.6. The third kappa shape index (κ3) is 3.72. The normalized spacial score (nSPS) is 11.9. The van der Waals surface area contributed by atoms with Crippen LogP contribution >= 0.6 is 11.8 Å². The van der Waals surface area contributed by atoms with Crippen LogP contribution in [0.5, 0.6) is 5.75 Å². The first-order valence-electron chi connectivity index (χ1n) is 5.66. The molecule has 7 heteroatoms. The number of nitrogens with one attached hydrogen (secondary N) is 2. The maximum Gasteiger partial charge on any atom is 0.237 e. The molecule has 1 aromatic carbocycles. The smallest absolute Gasteiger partial charge is 0.237 e. The number of carbonyl (C=O) groups excluding carboxylic acids is 1. The van der Waals surface area contributed by atoms with Gasteiger partial charge in [-0.3, -0.25) is 9.89 Å². The van der Waals surface area contributed by atoms with Gasteiger partial charge in [-0.15, -0.1) is 0 Å². The summed E-state index contributed by atoms with van der Waals surface area (Å²) < 4.78 is 5.06. The van der Waals surface area contributed by atoms with Crippen molar-refractivity contribution < 1.29 is 9.53 Å². The van der Waals surface area contributed by atoms with E-state index in [2.05, 4.69) is 20.5 Å². The molecule has 0 saturated heterocycles. The van der Waals surface area contributed by atoms with E-state index in [-0.39, 0.29) is 11.2 Å². The van der Waals surface area contributed by atoms with E-state index in [9.17, 15) is 4.79 Å². The van der Waals surface area contributed by atoms with Gasteiger partial charge in [-0.05, 0) is 31.2 Å². The molecule has 1 aromatic heterocycles. The Morgan fingerprint density at radius 2 is 2.16 bits per heavy atom. The third-order valence-corrected chi connectivity index (χ3v) is 3.40. The lowest BCUT2D eigenvalue weighted by Crippen LogP contribution is -2.22. The van der Waals surface area contributed by atoms with Crippen LogP contribution in [0, 0.1) is 0 Å². The van der Waals surface area contributed by atoms with E-state index in [1.54, 1.807) is 31.4 Å². The van der Waals surface area contributed by atoms with E-state index in [4.69, 9.17) is 4.74 Å². The van der Waals surface area contributed by atoms with Crippen LogP contribution in [-0.2, 0) is 4.79 Å². The van der Waals surface area contributed by atoms with Gasteiger partial charge in [0, 0.05) is 5.69 Å². The van der Waals surface area contributed by atoms with E-state index in [0.29, 0.717) is 5.16 Å². The quantitative estimate of drug-likeness (QED) is 0.817. The highest BCUT2D eigenvalue weighted by molar-refractivity contribution is 8.00. The molecule has 100 valence electrons. The number of aromatic amines is 1. The SMILES string of the molecule is COc1ccc(NC(=O)[C@H](C)Sc2ncn[nH]2)cc1. The number of nitrogens with zero attached hydrogens (tertiary/aromatic N) is 2. The van der Waals surface area contributed by atoms with Gasteiger partial charge in [-0.25, -0.2) is 4.98 Å². The first-order valence-corrected chi connectivity index (χ1v) is 6.54. The Morgan fingerprint density at radius 1 is 1.42 bits per heavy atom. The molecule has 1 amide bonds. The van der Waals surface area contributed by atoms with Crippen molar-refractivity contribution in [2.45, 2.75) is 17.3 Å². The third-order valence-electron chi connectivity index (χ3n) is 2.41. The molecule has 0 bridgehead atoms. The Balaban J connectivity index is 1.92. The molecule has 2 aromatic rings. The van der Waals surface area contributed by atoms with Gasteiger partial charge in [0.15, 0.2) is 5.16 Å². The molecule has 6 nitrogen and oxygen atoms in total. The number of rotatable bonds is 5. The molecule has 1 heterocycles. The second-order valence-electron chi connectivity index (χ2n) is 3.77. The summed E-state index contributed by atoms with van der Waals surface area (Å²) in [5, 5.41) is 9.62. The number of benzene rings is 1. The summed E-state index contributed by atoms with van der Waals surface area (Å²) in [5.74, 6) is 0.661. The first kappa shape index (κ1) is 13.4. The number of methoxy groups -OCH3 is 1. The number of hydrogen-bond acceptors (Lipinski definition) is 5. The molecule has 0 aliphatic rings. The minimum absolute atomic E-state index is 0.0911. The van der Waals surface area contributed by atoms with Crippen LogP contribution in [0.4, 0.5) is 5.69 Å². The van der Waals surface area contributed by atoms with Crippen molar-refractivity contribution in [2.75, 3.05) is 12.4 Å².